The molecule has 0 fully saturated rings. The molecule has 8 heteroatoms. The Morgan fingerprint density at radius 3 is 2.67 bits per heavy atom. The molecule has 1 aromatic carbocycles. The molecule has 1 aromatic heterocycles. The predicted octanol–water partition coefficient (Wildman–Crippen LogP) is 4.06. The number of hydrogen-bond acceptors (Lipinski definition) is 3. The van der Waals surface area contributed by atoms with E-state index in [2.05, 4.69) is 9.72 Å². The molecule has 2 aromatic rings. The summed E-state index contributed by atoms with van der Waals surface area (Å²) in [7, 11) is 1.45. The fourth-order valence-corrected chi connectivity index (χ4v) is 2.37. The van der Waals surface area contributed by atoms with E-state index in [9.17, 15) is 18.0 Å². The number of aryl methyl sites for hydroxylation is 1. The third kappa shape index (κ3) is 4.61. The lowest BCUT2D eigenvalue weighted by Gasteiger charge is -2.19. The van der Waals surface area contributed by atoms with Gasteiger partial charge < -0.3 is 9.64 Å². The molecular weight excluding hydrogens is 345 g/mol. The Kier molecular flexibility index (Phi) is 5.66. The molecule has 0 aliphatic heterocycles. The van der Waals surface area contributed by atoms with Gasteiger partial charge in [-0.3, -0.25) is 4.79 Å². The summed E-state index contributed by atoms with van der Waals surface area (Å²) in [5, 5.41) is 0.106. The van der Waals surface area contributed by atoms with Crippen LogP contribution in [-0.2, 0) is 6.54 Å². The molecule has 24 heavy (non-hydrogen) atoms. The Labute approximate surface area is 141 Å². The number of aromatic nitrogens is 1. The van der Waals surface area contributed by atoms with E-state index in [4.69, 9.17) is 11.6 Å². The highest BCUT2D eigenvalue weighted by Crippen LogP contribution is 2.23. The highest BCUT2D eigenvalue weighted by Gasteiger charge is 2.21. The van der Waals surface area contributed by atoms with Gasteiger partial charge in [-0.1, -0.05) is 17.7 Å². The number of nitrogens with zero attached hydrogens (tertiary/aromatic N) is 2. The minimum absolute atomic E-state index is 0.0814. The van der Waals surface area contributed by atoms with Gasteiger partial charge in [0.1, 0.15) is 11.4 Å². The van der Waals surface area contributed by atoms with Crippen LogP contribution in [0.5, 0.6) is 5.88 Å². The second-order valence-electron chi connectivity index (χ2n) is 5.18. The number of benzene rings is 1. The fourth-order valence-electron chi connectivity index (χ4n) is 2.21. The molecule has 0 unspecified atom stereocenters. The van der Waals surface area contributed by atoms with Crippen molar-refractivity contribution in [3.05, 3.63) is 58.0 Å². The standard InChI is InChI=1S/C16H14ClF3N2O2/c1-9-3-10(5-12(18)4-9)8-22(2)15(23)13-6-11(17)7-21-14(13)24-16(19)20/h3-7,16H,8H2,1-2H3. The van der Waals surface area contributed by atoms with Crippen molar-refractivity contribution in [2.75, 3.05) is 7.05 Å². The van der Waals surface area contributed by atoms with Crippen LogP contribution in [0.1, 0.15) is 21.5 Å². The van der Waals surface area contributed by atoms with Crippen molar-refractivity contribution in [1.29, 1.82) is 0 Å². The quantitative estimate of drug-likeness (QED) is 0.809. The maximum absolute atomic E-state index is 13.4. The summed E-state index contributed by atoms with van der Waals surface area (Å²) in [4.78, 5) is 17.3. The Balaban J connectivity index is 2.25. The van der Waals surface area contributed by atoms with Gasteiger partial charge in [-0.15, -0.1) is 0 Å². The van der Waals surface area contributed by atoms with E-state index >= 15 is 0 Å². The molecular formula is C16H14ClF3N2O2. The molecule has 0 saturated carbocycles. The van der Waals surface area contributed by atoms with Gasteiger partial charge in [0.25, 0.3) is 5.91 Å². The van der Waals surface area contributed by atoms with E-state index in [1.165, 1.54) is 30.1 Å². The molecule has 0 bridgehead atoms. The molecule has 0 N–H and O–H groups in total. The average Bonchev–Trinajstić information content (AvgIpc) is 2.46. The van der Waals surface area contributed by atoms with E-state index in [1.54, 1.807) is 13.0 Å². The number of carbonyl (C=O) groups is 1. The summed E-state index contributed by atoms with van der Waals surface area (Å²) in [5.41, 5.74) is 1.07. The number of amides is 1. The number of carbonyl (C=O) groups excluding carboxylic acids is 1. The summed E-state index contributed by atoms with van der Waals surface area (Å²) in [6.45, 7) is -1.32. The van der Waals surface area contributed by atoms with Gasteiger partial charge in [0, 0.05) is 19.8 Å². The van der Waals surface area contributed by atoms with Crippen LogP contribution < -0.4 is 4.74 Å². The van der Waals surface area contributed by atoms with E-state index in [1.807, 2.05) is 0 Å². The largest absolute Gasteiger partial charge is 0.416 e. The third-order valence-electron chi connectivity index (χ3n) is 3.12. The zero-order valence-electron chi connectivity index (χ0n) is 12.9. The average molecular weight is 359 g/mol. The van der Waals surface area contributed by atoms with E-state index in [-0.39, 0.29) is 17.1 Å². The second-order valence-corrected chi connectivity index (χ2v) is 5.62. The summed E-state index contributed by atoms with van der Waals surface area (Å²) >= 11 is 5.78. The molecule has 2 rings (SSSR count). The first kappa shape index (κ1) is 18.1. The van der Waals surface area contributed by atoms with Gasteiger partial charge >= 0.3 is 6.61 Å². The van der Waals surface area contributed by atoms with Crippen molar-refractivity contribution in [1.82, 2.24) is 9.88 Å². The molecule has 1 amide bonds. The number of rotatable bonds is 5. The highest BCUT2D eigenvalue weighted by molar-refractivity contribution is 6.30. The van der Waals surface area contributed by atoms with Crippen LogP contribution in [0.15, 0.2) is 30.5 Å². The Bertz CT molecular complexity index is 736. The molecule has 0 aliphatic carbocycles. The minimum atomic E-state index is -3.12. The summed E-state index contributed by atoms with van der Waals surface area (Å²) in [5.74, 6) is -1.55. The maximum Gasteiger partial charge on any atom is 0.388 e. The van der Waals surface area contributed by atoms with Crippen LogP contribution in [-0.4, -0.2) is 29.5 Å². The van der Waals surface area contributed by atoms with Crippen LogP contribution in [0, 0.1) is 12.7 Å². The van der Waals surface area contributed by atoms with Crippen molar-refractivity contribution >= 4 is 17.5 Å². The Morgan fingerprint density at radius 1 is 1.33 bits per heavy atom. The van der Waals surface area contributed by atoms with Crippen LogP contribution in [0.2, 0.25) is 5.02 Å². The van der Waals surface area contributed by atoms with Crippen LogP contribution in [0.3, 0.4) is 0 Å². The topological polar surface area (TPSA) is 42.4 Å². The SMILES string of the molecule is Cc1cc(F)cc(CN(C)C(=O)c2cc(Cl)cnc2OC(F)F)c1. The highest BCUT2D eigenvalue weighted by atomic mass is 35.5. The maximum atomic E-state index is 13.4. The molecule has 128 valence electrons. The summed E-state index contributed by atoms with van der Waals surface area (Å²) in [6.07, 6.45) is 1.10. The zero-order valence-corrected chi connectivity index (χ0v) is 13.6. The molecule has 0 spiro atoms. The predicted molar refractivity (Wildman–Crippen MR) is 82.8 cm³/mol. The number of hydrogen-bond donors (Lipinski definition) is 0. The van der Waals surface area contributed by atoms with Gasteiger partial charge in [-0.25, -0.2) is 9.37 Å². The molecule has 0 atom stereocenters. The van der Waals surface area contributed by atoms with Crippen LogP contribution in [0.25, 0.3) is 0 Å². The number of ether oxygens (including phenoxy) is 1. The molecule has 1 heterocycles. The van der Waals surface area contributed by atoms with Crippen molar-refractivity contribution in [2.45, 2.75) is 20.1 Å². The van der Waals surface area contributed by atoms with Gasteiger partial charge in [0.15, 0.2) is 0 Å². The number of pyridine rings is 1. The lowest BCUT2D eigenvalue weighted by Crippen LogP contribution is -2.27. The van der Waals surface area contributed by atoms with Gasteiger partial charge in [0.05, 0.1) is 5.02 Å². The Hall–Kier alpha value is -2.28. The molecule has 0 aliphatic rings. The first-order valence-corrected chi connectivity index (χ1v) is 7.26. The van der Waals surface area contributed by atoms with Crippen molar-refractivity contribution in [3.63, 3.8) is 0 Å². The first-order chi connectivity index (χ1) is 11.3. The van der Waals surface area contributed by atoms with Gasteiger partial charge in [0.2, 0.25) is 5.88 Å². The van der Waals surface area contributed by atoms with Crippen molar-refractivity contribution in [3.8, 4) is 5.88 Å². The van der Waals surface area contributed by atoms with E-state index in [0.29, 0.717) is 11.1 Å². The lowest BCUT2D eigenvalue weighted by atomic mass is 10.1. The normalized spacial score (nSPS) is 10.8. The smallest absolute Gasteiger partial charge is 0.388 e. The molecule has 0 radical (unpaired) electrons. The van der Waals surface area contributed by atoms with Crippen molar-refractivity contribution in [2.24, 2.45) is 0 Å². The first-order valence-electron chi connectivity index (χ1n) is 6.88. The van der Waals surface area contributed by atoms with Gasteiger partial charge in [-0.2, -0.15) is 8.78 Å². The number of halogens is 4. The van der Waals surface area contributed by atoms with Gasteiger partial charge in [-0.05, 0) is 36.2 Å². The van der Waals surface area contributed by atoms with Crippen LogP contribution >= 0.6 is 11.6 Å². The van der Waals surface area contributed by atoms with Crippen LogP contribution in [0.4, 0.5) is 13.2 Å². The van der Waals surface area contributed by atoms with E-state index in [0.717, 1.165) is 6.20 Å². The van der Waals surface area contributed by atoms with Crippen molar-refractivity contribution < 1.29 is 22.7 Å². The molecule has 4 nitrogen and oxygen atoms in total. The lowest BCUT2D eigenvalue weighted by molar-refractivity contribution is -0.0533. The Morgan fingerprint density at radius 2 is 2.04 bits per heavy atom. The molecule has 0 saturated heterocycles. The fraction of sp³-hybridized carbons (Fsp3) is 0.250. The number of alkyl halides is 2. The zero-order chi connectivity index (χ0) is 17.9. The third-order valence-corrected chi connectivity index (χ3v) is 3.32. The second kappa shape index (κ2) is 7.53. The summed E-state index contributed by atoms with van der Waals surface area (Å²) in [6, 6.07) is 5.58. The summed E-state index contributed by atoms with van der Waals surface area (Å²) < 4.78 is 42.6. The minimum Gasteiger partial charge on any atom is -0.416 e. The van der Waals surface area contributed by atoms with E-state index < -0.39 is 24.2 Å². The monoisotopic (exact) mass is 358 g/mol.